The van der Waals surface area contributed by atoms with Gasteiger partial charge in [-0.1, -0.05) is 41.7 Å². The smallest absolute Gasteiger partial charge is 0.267 e. The van der Waals surface area contributed by atoms with Gasteiger partial charge in [0.25, 0.3) is 11.5 Å². The first-order chi connectivity index (χ1) is 13.0. The number of hydrogen-bond donors (Lipinski definition) is 1. The van der Waals surface area contributed by atoms with Crippen LogP contribution in [0.1, 0.15) is 25.8 Å². The third-order valence-corrected chi connectivity index (χ3v) is 6.14. The first-order valence-corrected chi connectivity index (χ1v) is 9.78. The van der Waals surface area contributed by atoms with E-state index in [0.717, 1.165) is 10.6 Å². The molecule has 0 aliphatic rings. The first-order valence-electron chi connectivity index (χ1n) is 8.15. The molecular formula is C18H15N5O2S2. The molecule has 1 amide bonds. The van der Waals surface area contributed by atoms with Gasteiger partial charge < -0.3 is 4.57 Å². The molecule has 0 bridgehead atoms. The fourth-order valence-corrected chi connectivity index (χ4v) is 4.53. The Morgan fingerprint density at radius 2 is 1.96 bits per heavy atom. The SMILES string of the molecule is Cc1c(C(=O)Nc2nnc(Cc3ccccc3)s2)sc2ncn(C)c(=O)c12. The Balaban J connectivity index is 1.56. The third-order valence-electron chi connectivity index (χ3n) is 4.10. The fourth-order valence-electron chi connectivity index (χ4n) is 2.73. The van der Waals surface area contributed by atoms with Crippen LogP contribution in [0.15, 0.2) is 41.5 Å². The second-order valence-electron chi connectivity index (χ2n) is 6.01. The van der Waals surface area contributed by atoms with Gasteiger partial charge in [0.05, 0.1) is 16.6 Å². The zero-order valence-electron chi connectivity index (χ0n) is 14.6. The highest BCUT2D eigenvalue weighted by Crippen LogP contribution is 2.28. The van der Waals surface area contributed by atoms with Crippen LogP contribution in [0.5, 0.6) is 0 Å². The molecular weight excluding hydrogens is 382 g/mol. The van der Waals surface area contributed by atoms with Gasteiger partial charge >= 0.3 is 0 Å². The summed E-state index contributed by atoms with van der Waals surface area (Å²) in [6.45, 7) is 1.76. The van der Waals surface area contributed by atoms with Gasteiger partial charge in [0.15, 0.2) is 0 Å². The monoisotopic (exact) mass is 397 g/mol. The Labute approximate surface area is 162 Å². The summed E-state index contributed by atoms with van der Waals surface area (Å²) in [5.74, 6) is -0.306. The number of thiophene rings is 1. The van der Waals surface area contributed by atoms with E-state index in [-0.39, 0.29) is 11.5 Å². The number of aryl methyl sites for hydroxylation is 2. The zero-order valence-corrected chi connectivity index (χ0v) is 16.2. The van der Waals surface area contributed by atoms with Gasteiger partial charge in [0, 0.05) is 13.5 Å². The highest BCUT2D eigenvalue weighted by atomic mass is 32.1. The van der Waals surface area contributed by atoms with E-state index in [4.69, 9.17) is 0 Å². The number of anilines is 1. The molecule has 4 rings (SSSR count). The molecule has 1 aromatic carbocycles. The minimum absolute atomic E-state index is 0.158. The van der Waals surface area contributed by atoms with Crippen LogP contribution >= 0.6 is 22.7 Å². The Morgan fingerprint density at radius 1 is 1.19 bits per heavy atom. The number of amides is 1. The lowest BCUT2D eigenvalue weighted by Crippen LogP contribution is -2.17. The van der Waals surface area contributed by atoms with Gasteiger partial charge in [-0.2, -0.15) is 0 Å². The lowest BCUT2D eigenvalue weighted by Gasteiger charge is -1.99. The standard InChI is InChI=1S/C18H15N5O2S2/c1-10-13-16(19-9-23(2)17(13)25)27-14(10)15(24)20-18-22-21-12(26-18)8-11-6-4-3-5-7-11/h3-7,9H,8H2,1-2H3,(H,20,22,24). The minimum Gasteiger partial charge on any atom is -0.302 e. The quantitative estimate of drug-likeness (QED) is 0.572. The van der Waals surface area contributed by atoms with Crippen LogP contribution in [0.2, 0.25) is 0 Å². The molecule has 0 saturated carbocycles. The van der Waals surface area contributed by atoms with Crippen LogP contribution in [-0.4, -0.2) is 25.7 Å². The number of nitrogens with zero attached hydrogens (tertiary/aromatic N) is 4. The van der Waals surface area contributed by atoms with Crippen LogP contribution in [0.4, 0.5) is 5.13 Å². The molecule has 0 atom stereocenters. The summed E-state index contributed by atoms with van der Waals surface area (Å²) in [6, 6.07) is 9.95. The van der Waals surface area contributed by atoms with Crippen molar-refractivity contribution < 1.29 is 4.79 Å². The van der Waals surface area contributed by atoms with Gasteiger partial charge in [-0.25, -0.2) is 4.98 Å². The summed E-state index contributed by atoms with van der Waals surface area (Å²) in [5, 5.41) is 12.7. The average Bonchev–Trinajstić information content (AvgIpc) is 3.23. The molecule has 0 spiro atoms. The molecule has 4 aromatic rings. The van der Waals surface area contributed by atoms with Crippen molar-refractivity contribution in [2.45, 2.75) is 13.3 Å². The molecule has 0 unspecified atom stereocenters. The van der Waals surface area contributed by atoms with Gasteiger partial charge in [0.1, 0.15) is 9.84 Å². The van der Waals surface area contributed by atoms with E-state index in [1.807, 2.05) is 30.3 Å². The van der Waals surface area contributed by atoms with E-state index in [2.05, 4.69) is 20.5 Å². The van der Waals surface area contributed by atoms with E-state index in [9.17, 15) is 9.59 Å². The Morgan fingerprint density at radius 3 is 2.74 bits per heavy atom. The lowest BCUT2D eigenvalue weighted by molar-refractivity contribution is 0.103. The Bertz CT molecular complexity index is 1190. The number of carbonyl (C=O) groups excluding carboxylic acids is 1. The van der Waals surface area contributed by atoms with Gasteiger partial charge in [-0.05, 0) is 18.1 Å². The van der Waals surface area contributed by atoms with Crippen molar-refractivity contribution >= 4 is 43.9 Å². The molecule has 0 radical (unpaired) electrons. The predicted octanol–water partition coefficient (Wildman–Crippen LogP) is 3.00. The minimum atomic E-state index is -0.306. The molecule has 3 aromatic heterocycles. The number of aromatic nitrogens is 4. The largest absolute Gasteiger partial charge is 0.302 e. The molecule has 9 heteroatoms. The third kappa shape index (κ3) is 3.38. The highest BCUT2D eigenvalue weighted by molar-refractivity contribution is 7.21. The van der Waals surface area contributed by atoms with Crippen molar-refractivity contribution in [2.24, 2.45) is 7.05 Å². The Kier molecular flexibility index (Phi) is 4.54. The lowest BCUT2D eigenvalue weighted by atomic mass is 10.2. The summed E-state index contributed by atoms with van der Waals surface area (Å²) < 4.78 is 1.41. The Hall–Kier alpha value is -2.91. The van der Waals surface area contributed by atoms with E-state index in [1.165, 1.54) is 33.6 Å². The van der Waals surface area contributed by atoms with Crippen molar-refractivity contribution in [1.29, 1.82) is 0 Å². The molecule has 0 saturated heterocycles. The van der Waals surface area contributed by atoms with Crippen molar-refractivity contribution in [3.8, 4) is 0 Å². The van der Waals surface area contributed by atoms with Crippen molar-refractivity contribution in [2.75, 3.05) is 5.32 Å². The summed E-state index contributed by atoms with van der Waals surface area (Å²) >= 11 is 2.54. The summed E-state index contributed by atoms with van der Waals surface area (Å²) in [7, 11) is 1.64. The van der Waals surface area contributed by atoms with E-state index in [1.54, 1.807) is 14.0 Å². The fraction of sp³-hybridized carbons (Fsp3) is 0.167. The molecule has 27 heavy (non-hydrogen) atoms. The van der Waals surface area contributed by atoms with Crippen LogP contribution in [0.25, 0.3) is 10.2 Å². The topological polar surface area (TPSA) is 89.8 Å². The molecule has 0 aliphatic carbocycles. The van der Waals surface area contributed by atoms with Gasteiger partial charge in [-0.15, -0.1) is 21.5 Å². The number of fused-ring (bicyclic) bond motifs is 1. The molecule has 0 fully saturated rings. The van der Waals surface area contributed by atoms with Crippen molar-refractivity contribution in [3.63, 3.8) is 0 Å². The average molecular weight is 397 g/mol. The maximum absolute atomic E-state index is 12.7. The second kappa shape index (κ2) is 7.01. The number of rotatable bonds is 4. The molecule has 0 aliphatic heterocycles. The number of carbonyl (C=O) groups is 1. The maximum Gasteiger partial charge on any atom is 0.267 e. The number of hydrogen-bond acceptors (Lipinski definition) is 7. The first kappa shape index (κ1) is 17.5. The number of nitrogens with one attached hydrogen (secondary N) is 1. The molecule has 1 N–H and O–H groups in total. The second-order valence-corrected chi connectivity index (χ2v) is 8.08. The van der Waals surface area contributed by atoms with Crippen LogP contribution < -0.4 is 10.9 Å². The summed E-state index contributed by atoms with van der Waals surface area (Å²) in [4.78, 5) is 30.2. The predicted molar refractivity (Wildman–Crippen MR) is 107 cm³/mol. The zero-order chi connectivity index (χ0) is 19.0. The van der Waals surface area contributed by atoms with E-state index >= 15 is 0 Å². The maximum atomic E-state index is 12.7. The van der Waals surface area contributed by atoms with Crippen LogP contribution in [0.3, 0.4) is 0 Å². The summed E-state index contributed by atoms with van der Waals surface area (Å²) in [6.07, 6.45) is 2.12. The van der Waals surface area contributed by atoms with Crippen LogP contribution in [0, 0.1) is 6.92 Å². The number of benzene rings is 1. The molecule has 7 nitrogen and oxygen atoms in total. The molecule has 136 valence electrons. The van der Waals surface area contributed by atoms with Crippen LogP contribution in [-0.2, 0) is 13.5 Å². The van der Waals surface area contributed by atoms with E-state index < -0.39 is 0 Å². The highest BCUT2D eigenvalue weighted by Gasteiger charge is 2.20. The van der Waals surface area contributed by atoms with Crippen molar-refractivity contribution in [3.05, 3.63) is 68.0 Å². The summed E-state index contributed by atoms with van der Waals surface area (Å²) in [5.41, 5.74) is 1.61. The van der Waals surface area contributed by atoms with Gasteiger partial charge in [0.2, 0.25) is 5.13 Å². The van der Waals surface area contributed by atoms with Crippen molar-refractivity contribution in [1.82, 2.24) is 19.7 Å². The van der Waals surface area contributed by atoms with Gasteiger partial charge in [-0.3, -0.25) is 14.9 Å². The van der Waals surface area contributed by atoms with E-state index in [0.29, 0.717) is 32.2 Å². The normalized spacial score (nSPS) is 11.0. The molecule has 3 heterocycles.